The predicted molar refractivity (Wildman–Crippen MR) is 135 cm³/mol. The smallest absolute Gasteiger partial charge is 0.334 e. The van der Waals surface area contributed by atoms with E-state index in [0.717, 1.165) is 16.2 Å². The van der Waals surface area contributed by atoms with Crippen LogP contribution in [0.25, 0.3) is 0 Å². The molecule has 5 rings (SSSR count). The Kier molecular flexibility index (Phi) is 5.99. The number of carbonyl (C=O) groups is 5. The number of nitrogens with two attached hydrogens (primary N) is 2. The summed E-state index contributed by atoms with van der Waals surface area (Å²) in [7, 11) is 1.50. The molecule has 1 aromatic rings. The summed E-state index contributed by atoms with van der Waals surface area (Å²) >= 11 is 0. The molecule has 0 radical (unpaired) electrons. The van der Waals surface area contributed by atoms with E-state index in [1.165, 1.54) is 11.9 Å². The molecule has 2 aliphatic carbocycles. The Labute approximate surface area is 220 Å². The first-order valence-electron chi connectivity index (χ1n) is 13.1. The molecular weight excluding hydrogens is 492 g/mol. The average Bonchev–Trinajstić information content (AvgIpc) is 3.34. The zero-order valence-corrected chi connectivity index (χ0v) is 22.0. The maximum absolute atomic E-state index is 13.3. The number of rotatable bonds is 5. The summed E-state index contributed by atoms with van der Waals surface area (Å²) in [5, 5.41) is 6.90. The van der Waals surface area contributed by atoms with Crippen LogP contribution in [0.1, 0.15) is 64.0 Å². The standard InChI is InChI=1S/C25H34N8O5/c1-4-5-10-31-19(34)17(18(26)27)20(35)32(23(31)38)15-6-8-24(9-7-15)12-25(13-24)21(36)30(3)22(37)33(25)16-11-28-29-14(16)2/h11,15H,4-10,12-13,26-27H2,1-3H3,(H,28,29). The van der Waals surface area contributed by atoms with Gasteiger partial charge in [0.2, 0.25) is 0 Å². The average molecular weight is 527 g/mol. The van der Waals surface area contributed by atoms with Gasteiger partial charge in [0.15, 0.2) is 0 Å². The second-order valence-electron chi connectivity index (χ2n) is 11.1. The molecule has 3 heterocycles. The van der Waals surface area contributed by atoms with Gasteiger partial charge in [-0.05, 0) is 57.3 Å². The van der Waals surface area contributed by atoms with Crippen molar-refractivity contribution in [2.75, 3.05) is 18.5 Å². The van der Waals surface area contributed by atoms with Crippen LogP contribution in [0, 0.1) is 12.3 Å². The van der Waals surface area contributed by atoms with Crippen LogP contribution in [0.4, 0.5) is 15.3 Å². The summed E-state index contributed by atoms with van der Waals surface area (Å²) in [5.41, 5.74) is 11.1. The zero-order valence-electron chi connectivity index (χ0n) is 22.0. The van der Waals surface area contributed by atoms with Gasteiger partial charge in [-0.25, -0.2) is 9.59 Å². The summed E-state index contributed by atoms with van der Waals surface area (Å²) < 4.78 is 0. The Bertz CT molecular complexity index is 1250. The Morgan fingerprint density at radius 3 is 2.29 bits per heavy atom. The van der Waals surface area contributed by atoms with E-state index in [1.54, 1.807) is 18.0 Å². The number of imide groups is 3. The molecule has 5 N–H and O–H groups in total. The highest BCUT2D eigenvalue weighted by molar-refractivity contribution is 6.29. The first-order valence-corrected chi connectivity index (χ1v) is 13.1. The molecule has 0 aromatic carbocycles. The number of anilines is 1. The number of nitrogens with zero attached hydrogens (tertiary/aromatic N) is 5. The monoisotopic (exact) mass is 526 g/mol. The summed E-state index contributed by atoms with van der Waals surface area (Å²) in [5.74, 6) is -2.12. The van der Waals surface area contributed by atoms with E-state index in [0.29, 0.717) is 56.3 Å². The van der Waals surface area contributed by atoms with Crippen LogP contribution in [0.2, 0.25) is 0 Å². The molecule has 1 aromatic heterocycles. The fraction of sp³-hybridized carbons (Fsp3) is 0.600. The van der Waals surface area contributed by atoms with Crippen molar-refractivity contribution in [3.63, 3.8) is 0 Å². The van der Waals surface area contributed by atoms with Crippen molar-refractivity contribution in [1.82, 2.24) is 24.9 Å². The number of hydrogen-bond donors (Lipinski definition) is 3. The van der Waals surface area contributed by atoms with E-state index < -0.39 is 35.2 Å². The van der Waals surface area contributed by atoms with Gasteiger partial charge in [-0.3, -0.25) is 39.1 Å². The normalized spacial score (nSPS) is 29.8. The number of unbranched alkanes of at least 4 members (excludes halogenated alkanes) is 1. The highest BCUT2D eigenvalue weighted by atomic mass is 16.2. The molecule has 2 saturated carbocycles. The van der Waals surface area contributed by atoms with Crippen molar-refractivity contribution < 1.29 is 24.0 Å². The lowest BCUT2D eigenvalue weighted by molar-refractivity contribution is -0.141. The second kappa shape index (κ2) is 8.84. The molecule has 2 saturated heterocycles. The molecule has 4 fully saturated rings. The second-order valence-corrected chi connectivity index (χ2v) is 11.1. The molecule has 7 amide bonds. The first kappa shape index (κ1) is 25.7. The quantitative estimate of drug-likeness (QED) is 0.292. The van der Waals surface area contributed by atoms with Gasteiger partial charge in [-0.1, -0.05) is 13.3 Å². The predicted octanol–water partition coefficient (Wildman–Crippen LogP) is 1.30. The Balaban J connectivity index is 1.34. The van der Waals surface area contributed by atoms with Crippen LogP contribution in [-0.4, -0.2) is 79.9 Å². The van der Waals surface area contributed by atoms with Crippen molar-refractivity contribution >= 4 is 35.5 Å². The molecule has 0 bridgehead atoms. The molecule has 2 spiro atoms. The van der Waals surface area contributed by atoms with Crippen molar-refractivity contribution in [2.45, 2.75) is 76.8 Å². The minimum absolute atomic E-state index is 0.181. The number of amides is 7. The lowest BCUT2D eigenvalue weighted by atomic mass is 9.51. The van der Waals surface area contributed by atoms with Crippen molar-refractivity contribution in [3.05, 3.63) is 23.3 Å². The Hall–Kier alpha value is -3.90. The minimum Gasteiger partial charge on any atom is -0.385 e. The van der Waals surface area contributed by atoms with E-state index in [-0.39, 0.29) is 29.5 Å². The summed E-state index contributed by atoms with van der Waals surface area (Å²) in [6, 6.07) is -1.42. The number of nitrogens with one attached hydrogen (secondary N) is 1. The van der Waals surface area contributed by atoms with Gasteiger partial charge in [0.05, 0.1) is 11.4 Å². The number of likely N-dealkylation sites (N-methyl/N-ethyl adjacent to an activating group) is 1. The molecule has 204 valence electrons. The molecule has 4 aliphatic rings. The van der Waals surface area contributed by atoms with Crippen LogP contribution >= 0.6 is 0 Å². The Morgan fingerprint density at radius 1 is 1.08 bits per heavy atom. The number of aromatic amines is 1. The van der Waals surface area contributed by atoms with Crippen LogP contribution < -0.4 is 16.4 Å². The maximum Gasteiger partial charge on any atom is 0.334 e. The first-order chi connectivity index (χ1) is 18.0. The van der Waals surface area contributed by atoms with Gasteiger partial charge in [0.1, 0.15) is 16.9 Å². The van der Waals surface area contributed by atoms with Crippen LogP contribution in [-0.2, 0) is 14.4 Å². The molecule has 13 nitrogen and oxygen atoms in total. The zero-order chi connectivity index (χ0) is 27.6. The van der Waals surface area contributed by atoms with Crippen molar-refractivity contribution in [1.29, 1.82) is 0 Å². The topological polar surface area (TPSA) is 179 Å². The largest absolute Gasteiger partial charge is 0.385 e. The maximum atomic E-state index is 13.3. The van der Waals surface area contributed by atoms with E-state index in [2.05, 4.69) is 10.2 Å². The molecule has 38 heavy (non-hydrogen) atoms. The Morgan fingerprint density at radius 2 is 1.74 bits per heavy atom. The van der Waals surface area contributed by atoms with Crippen molar-refractivity contribution in [2.24, 2.45) is 16.9 Å². The third kappa shape index (κ3) is 3.51. The third-order valence-corrected chi connectivity index (χ3v) is 8.72. The SMILES string of the molecule is CCCCN1C(=O)C(=C(N)N)C(=O)N(C2CCC3(CC2)CC2(C3)C(=O)N(C)C(=O)N2c2c[nH]nc2C)C1=O. The van der Waals surface area contributed by atoms with Crippen LogP contribution in [0.15, 0.2) is 17.6 Å². The third-order valence-electron chi connectivity index (χ3n) is 8.72. The number of H-pyrrole nitrogens is 1. The number of barbiturate groups is 1. The van der Waals surface area contributed by atoms with Crippen LogP contribution in [0.3, 0.4) is 0 Å². The fourth-order valence-electron chi connectivity index (χ4n) is 6.80. The number of aromatic nitrogens is 2. The minimum atomic E-state index is -0.961. The molecular formula is C25H34N8O5. The molecule has 2 aliphatic heterocycles. The summed E-state index contributed by atoms with van der Waals surface area (Å²) in [4.78, 5) is 70.6. The highest BCUT2D eigenvalue weighted by Gasteiger charge is 2.69. The van der Waals surface area contributed by atoms with Gasteiger partial charge >= 0.3 is 12.1 Å². The lowest BCUT2D eigenvalue weighted by Gasteiger charge is -2.58. The van der Waals surface area contributed by atoms with E-state index >= 15 is 0 Å². The number of hydrogen-bond acceptors (Lipinski definition) is 8. The van der Waals surface area contributed by atoms with E-state index in [9.17, 15) is 24.0 Å². The number of carbonyl (C=O) groups excluding carboxylic acids is 5. The number of urea groups is 2. The lowest BCUT2D eigenvalue weighted by Crippen LogP contribution is -2.66. The van der Waals surface area contributed by atoms with E-state index in [1.807, 2.05) is 6.92 Å². The van der Waals surface area contributed by atoms with Gasteiger partial charge < -0.3 is 11.5 Å². The van der Waals surface area contributed by atoms with Gasteiger partial charge in [-0.2, -0.15) is 5.10 Å². The van der Waals surface area contributed by atoms with Crippen molar-refractivity contribution in [3.8, 4) is 0 Å². The molecule has 0 unspecified atom stereocenters. The van der Waals surface area contributed by atoms with Crippen LogP contribution in [0.5, 0.6) is 0 Å². The summed E-state index contributed by atoms with van der Waals surface area (Å²) in [6.07, 6.45) is 6.36. The van der Waals surface area contributed by atoms with Gasteiger partial charge in [0.25, 0.3) is 17.7 Å². The molecule has 13 heteroatoms. The van der Waals surface area contributed by atoms with E-state index in [4.69, 9.17) is 11.5 Å². The van der Waals surface area contributed by atoms with Gasteiger partial charge in [-0.15, -0.1) is 0 Å². The molecule has 0 atom stereocenters. The summed E-state index contributed by atoms with van der Waals surface area (Å²) in [6.45, 7) is 3.91. The van der Waals surface area contributed by atoms with Gasteiger partial charge in [0, 0.05) is 25.8 Å². The number of aryl methyl sites for hydroxylation is 1. The fourth-order valence-corrected chi connectivity index (χ4v) is 6.80. The highest BCUT2D eigenvalue weighted by Crippen LogP contribution is 2.62.